The van der Waals surface area contributed by atoms with Crippen LogP contribution in [0.2, 0.25) is 0 Å². The van der Waals surface area contributed by atoms with Crippen molar-refractivity contribution in [3.63, 3.8) is 0 Å². The summed E-state index contributed by atoms with van der Waals surface area (Å²) in [4.78, 5) is 4.34. The third-order valence-corrected chi connectivity index (χ3v) is 4.73. The van der Waals surface area contributed by atoms with Crippen molar-refractivity contribution in [2.24, 2.45) is 22.5 Å². The molecule has 16 heavy (non-hydrogen) atoms. The minimum atomic E-state index is 0.222. The van der Waals surface area contributed by atoms with E-state index in [1.165, 1.54) is 0 Å². The Labute approximate surface area is 98.3 Å². The van der Waals surface area contributed by atoms with E-state index < -0.39 is 0 Å². The van der Waals surface area contributed by atoms with Gasteiger partial charge < -0.3 is 5.73 Å². The zero-order valence-corrected chi connectivity index (χ0v) is 10.7. The SMILES string of the molecule is CC1(C)C(C(N)Cc2ccccn2)C1(C)C. The van der Waals surface area contributed by atoms with Gasteiger partial charge in [0.05, 0.1) is 0 Å². The van der Waals surface area contributed by atoms with E-state index in [0.717, 1.165) is 12.1 Å². The van der Waals surface area contributed by atoms with Crippen molar-refractivity contribution >= 4 is 0 Å². The molecule has 1 aromatic heterocycles. The Kier molecular flexibility index (Phi) is 2.58. The summed E-state index contributed by atoms with van der Waals surface area (Å²) in [5, 5.41) is 0. The number of nitrogens with two attached hydrogens (primary N) is 1. The first-order chi connectivity index (χ1) is 7.37. The molecule has 0 aromatic carbocycles. The van der Waals surface area contributed by atoms with E-state index in [9.17, 15) is 0 Å². The molecule has 1 aliphatic carbocycles. The van der Waals surface area contributed by atoms with Crippen LogP contribution in [0, 0.1) is 16.7 Å². The quantitative estimate of drug-likeness (QED) is 0.847. The van der Waals surface area contributed by atoms with Gasteiger partial charge in [0.1, 0.15) is 0 Å². The molecule has 2 rings (SSSR count). The van der Waals surface area contributed by atoms with E-state index >= 15 is 0 Å². The zero-order chi connectivity index (χ0) is 12.0. The molecule has 2 N–H and O–H groups in total. The number of pyridine rings is 1. The molecule has 0 saturated heterocycles. The van der Waals surface area contributed by atoms with Crippen LogP contribution in [0.3, 0.4) is 0 Å². The van der Waals surface area contributed by atoms with E-state index in [1.807, 2.05) is 18.3 Å². The first-order valence-corrected chi connectivity index (χ1v) is 6.03. The van der Waals surface area contributed by atoms with Crippen molar-refractivity contribution in [1.82, 2.24) is 4.98 Å². The van der Waals surface area contributed by atoms with E-state index in [0.29, 0.717) is 16.7 Å². The minimum absolute atomic E-state index is 0.222. The van der Waals surface area contributed by atoms with Crippen LogP contribution < -0.4 is 5.73 Å². The van der Waals surface area contributed by atoms with Gasteiger partial charge in [-0.3, -0.25) is 4.98 Å². The van der Waals surface area contributed by atoms with Crippen LogP contribution in [0.25, 0.3) is 0 Å². The second-order valence-corrected chi connectivity index (χ2v) is 6.11. The molecule has 88 valence electrons. The summed E-state index contributed by atoms with van der Waals surface area (Å²) in [6, 6.07) is 6.25. The van der Waals surface area contributed by atoms with Crippen molar-refractivity contribution in [3.8, 4) is 0 Å². The summed E-state index contributed by atoms with van der Waals surface area (Å²) >= 11 is 0. The largest absolute Gasteiger partial charge is 0.327 e. The molecule has 0 bridgehead atoms. The predicted octanol–water partition coefficient (Wildman–Crippen LogP) is 2.63. The Morgan fingerprint density at radius 3 is 2.31 bits per heavy atom. The fourth-order valence-electron chi connectivity index (χ4n) is 3.20. The number of hydrogen-bond donors (Lipinski definition) is 1. The van der Waals surface area contributed by atoms with Gasteiger partial charge in [0.25, 0.3) is 0 Å². The van der Waals surface area contributed by atoms with Crippen molar-refractivity contribution in [2.75, 3.05) is 0 Å². The molecule has 2 heteroatoms. The van der Waals surface area contributed by atoms with E-state index in [-0.39, 0.29) is 6.04 Å². The van der Waals surface area contributed by atoms with Crippen LogP contribution in [0.1, 0.15) is 33.4 Å². The Morgan fingerprint density at radius 2 is 1.88 bits per heavy atom. The summed E-state index contributed by atoms with van der Waals surface area (Å²) in [6.07, 6.45) is 2.73. The van der Waals surface area contributed by atoms with Crippen molar-refractivity contribution in [1.29, 1.82) is 0 Å². The van der Waals surface area contributed by atoms with Gasteiger partial charge in [0, 0.05) is 24.4 Å². The maximum atomic E-state index is 6.32. The maximum absolute atomic E-state index is 6.32. The molecule has 1 aromatic rings. The summed E-state index contributed by atoms with van der Waals surface area (Å²) < 4.78 is 0. The molecule has 2 nitrogen and oxygen atoms in total. The van der Waals surface area contributed by atoms with Crippen molar-refractivity contribution < 1.29 is 0 Å². The Balaban J connectivity index is 2.04. The lowest BCUT2D eigenvalue weighted by atomic mass is 10.0. The molecule has 1 fully saturated rings. The van der Waals surface area contributed by atoms with Crippen LogP contribution in [0.5, 0.6) is 0 Å². The highest BCUT2D eigenvalue weighted by Gasteiger charge is 2.66. The summed E-state index contributed by atoms with van der Waals surface area (Å²) in [5.74, 6) is 0.599. The standard InChI is InChI=1S/C14H22N2/c1-13(2)12(14(13,3)4)11(15)9-10-7-5-6-8-16-10/h5-8,11-12H,9,15H2,1-4H3. The lowest BCUT2D eigenvalue weighted by Gasteiger charge is -2.13. The van der Waals surface area contributed by atoms with Gasteiger partial charge in [-0.05, 0) is 28.9 Å². The fourth-order valence-corrected chi connectivity index (χ4v) is 3.20. The van der Waals surface area contributed by atoms with E-state index in [4.69, 9.17) is 5.73 Å². The lowest BCUT2D eigenvalue weighted by Crippen LogP contribution is -2.28. The molecule has 0 spiro atoms. The van der Waals surface area contributed by atoms with Crippen LogP contribution >= 0.6 is 0 Å². The number of hydrogen-bond acceptors (Lipinski definition) is 2. The smallest absolute Gasteiger partial charge is 0.0419 e. The first kappa shape index (κ1) is 11.6. The Bertz CT molecular complexity index is 354. The molecule has 1 saturated carbocycles. The second kappa shape index (κ2) is 3.56. The molecule has 1 aliphatic rings. The average molecular weight is 218 g/mol. The van der Waals surface area contributed by atoms with Crippen LogP contribution in [0.4, 0.5) is 0 Å². The first-order valence-electron chi connectivity index (χ1n) is 6.03. The maximum Gasteiger partial charge on any atom is 0.0419 e. The average Bonchev–Trinajstić information content (AvgIpc) is 2.58. The van der Waals surface area contributed by atoms with Crippen LogP contribution in [-0.4, -0.2) is 11.0 Å². The highest BCUT2D eigenvalue weighted by Crippen LogP contribution is 2.69. The van der Waals surface area contributed by atoms with Gasteiger partial charge in [-0.1, -0.05) is 33.8 Å². The number of aromatic nitrogens is 1. The highest BCUT2D eigenvalue weighted by atomic mass is 14.8. The second-order valence-electron chi connectivity index (χ2n) is 6.11. The van der Waals surface area contributed by atoms with Crippen LogP contribution in [-0.2, 0) is 6.42 Å². The van der Waals surface area contributed by atoms with E-state index in [1.54, 1.807) is 0 Å². The third kappa shape index (κ3) is 1.65. The van der Waals surface area contributed by atoms with Gasteiger partial charge in [-0.2, -0.15) is 0 Å². The highest BCUT2D eigenvalue weighted by molar-refractivity contribution is 5.18. The van der Waals surface area contributed by atoms with Gasteiger partial charge in [0.2, 0.25) is 0 Å². The van der Waals surface area contributed by atoms with Crippen molar-refractivity contribution in [2.45, 2.75) is 40.2 Å². The topological polar surface area (TPSA) is 38.9 Å². The fraction of sp³-hybridized carbons (Fsp3) is 0.643. The number of rotatable bonds is 3. The summed E-state index contributed by atoms with van der Waals surface area (Å²) in [6.45, 7) is 9.26. The third-order valence-electron chi connectivity index (χ3n) is 4.73. The normalized spacial score (nSPS) is 24.1. The van der Waals surface area contributed by atoms with E-state index in [2.05, 4.69) is 38.7 Å². The molecule has 0 amide bonds. The van der Waals surface area contributed by atoms with Crippen molar-refractivity contribution in [3.05, 3.63) is 30.1 Å². The lowest BCUT2D eigenvalue weighted by molar-refractivity contribution is 0.457. The molecule has 0 radical (unpaired) electrons. The molecule has 1 atom stereocenters. The summed E-state index contributed by atoms with van der Waals surface area (Å²) in [7, 11) is 0. The minimum Gasteiger partial charge on any atom is -0.327 e. The van der Waals surface area contributed by atoms with Gasteiger partial charge in [-0.25, -0.2) is 0 Å². The zero-order valence-electron chi connectivity index (χ0n) is 10.7. The summed E-state index contributed by atoms with van der Waals surface area (Å²) in [5.41, 5.74) is 8.15. The molecular formula is C14H22N2. The Hall–Kier alpha value is -0.890. The molecule has 1 heterocycles. The Morgan fingerprint density at radius 1 is 1.25 bits per heavy atom. The molecular weight excluding hydrogens is 196 g/mol. The van der Waals surface area contributed by atoms with Gasteiger partial charge in [-0.15, -0.1) is 0 Å². The molecule has 1 unspecified atom stereocenters. The molecule has 0 aliphatic heterocycles. The van der Waals surface area contributed by atoms with Gasteiger partial charge in [0.15, 0.2) is 0 Å². The predicted molar refractivity (Wildman–Crippen MR) is 67.0 cm³/mol. The van der Waals surface area contributed by atoms with Gasteiger partial charge >= 0.3 is 0 Å². The van der Waals surface area contributed by atoms with Crippen LogP contribution in [0.15, 0.2) is 24.4 Å². The monoisotopic (exact) mass is 218 g/mol. The number of nitrogens with zero attached hydrogens (tertiary/aromatic N) is 1.